The predicted molar refractivity (Wildman–Crippen MR) is 87.0 cm³/mol. The van der Waals surface area contributed by atoms with E-state index in [1.165, 1.54) is 24.3 Å². The largest absolute Gasteiger partial charge is 0.497 e. The Kier molecular flexibility index (Phi) is 5.46. The molecule has 0 aliphatic rings. The third-order valence-electron chi connectivity index (χ3n) is 2.96. The summed E-state index contributed by atoms with van der Waals surface area (Å²) < 4.78 is 31.0. The highest BCUT2D eigenvalue weighted by molar-refractivity contribution is 7.90. The molecule has 6 nitrogen and oxygen atoms in total. The second kappa shape index (κ2) is 7.34. The number of hydrogen-bond acceptors (Lipinski definition) is 4. The van der Waals surface area contributed by atoms with Crippen LogP contribution in [0.4, 0.5) is 4.79 Å². The van der Waals surface area contributed by atoms with Gasteiger partial charge in [-0.05, 0) is 42.0 Å². The Bertz CT molecular complexity index is 774. The van der Waals surface area contributed by atoms with Gasteiger partial charge in [-0.3, -0.25) is 0 Å². The summed E-state index contributed by atoms with van der Waals surface area (Å²) >= 11 is 5.70. The Morgan fingerprint density at radius 1 is 1.09 bits per heavy atom. The van der Waals surface area contributed by atoms with E-state index in [2.05, 4.69) is 5.32 Å². The highest BCUT2D eigenvalue weighted by Gasteiger charge is 2.17. The number of benzene rings is 2. The molecule has 0 radical (unpaired) electrons. The van der Waals surface area contributed by atoms with Gasteiger partial charge in [0, 0.05) is 11.6 Å². The molecule has 2 amide bonds. The molecule has 8 heteroatoms. The minimum Gasteiger partial charge on any atom is -0.497 e. The zero-order valence-corrected chi connectivity index (χ0v) is 13.8. The van der Waals surface area contributed by atoms with Gasteiger partial charge in [0.25, 0.3) is 10.0 Å². The van der Waals surface area contributed by atoms with Crippen molar-refractivity contribution >= 4 is 27.7 Å². The topological polar surface area (TPSA) is 84.5 Å². The van der Waals surface area contributed by atoms with Crippen molar-refractivity contribution in [2.75, 3.05) is 7.11 Å². The standard InChI is InChI=1S/C15H15ClN2O4S/c1-22-13-6-2-11(3-7-13)10-17-15(19)18-23(20,21)14-8-4-12(16)5-9-14/h2-9H,10H2,1H3,(H2,17,18,19). The van der Waals surface area contributed by atoms with Crippen molar-refractivity contribution in [2.24, 2.45) is 0 Å². The SMILES string of the molecule is COc1ccc(CNC(=O)NS(=O)(=O)c2ccc(Cl)cc2)cc1. The quantitative estimate of drug-likeness (QED) is 0.864. The molecule has 0 heterocycles. The molecule has 23 heavy (non-hydrogen) atoms. The van der Waals surface area contributed by atoms with E-state index in [1.807, 2.05) is 4.72 Å². The number of nitrogens with one attached hydrogen (secondary N) is 2. The van der Waals surface area contributed by atoms with Gasteiger partial charge in [-0.2, -0.15) is 0 Å². The third-order valence-corrected chi connectivity index (χ3v) is 4.56. The Balaban J connectivity index is 1.94. The number of rotatable bonds is 5. The average molecular weight is 355 g/mol. The van der Waals surface area contributed by atoms with Crippen molar-refractivity contribution in [2.45, 2.75) is 11.4 Å². The summed E-state index contributed by atoms with van der Waals surface area (Å²) in [5.74, 6) is 0.698. The first-order valence-electron chi connectivity index (χ1n) is 6.60. The van der Waals surface area contributed by atoms with E-state index in [0.29, 0.717) is 10.8 Å². The molecule has 0 aromatic heterocycles. The van der Waals surface area contributed by atoms with Crippen LogP contribution in [-0.4, -0.2) is 21.6 Å². The molecule has 122 valence electrons. The van der Waals surface area contributed by atoms with Crippen LogP contribution in [0.15, 0.2) is 53.4 Å². The normalized spacial score (nSPS) is 10.9. The van der Waals surface area contributed by atoms with E-state index in [-0.39, 0.29) is 11.4 Å². The molecular formula is C15H15ClN2O4S. The van der Waals surface area contributed by atoms with Crippen molar-refractivity contribution in [3.05, 3.63) is 59.1 Å². The summed E-state index contributed by atoms with van der Waals surface area (Å²) in [6.07, 6.45) is 0. The van der Waals surface area contributed by atoms with Crippen LogP contribution in [0.3, 0.4) is 0 Å². The molecule has 0 fully saturated rings. The number of carbonyl (C=O) groups excluding carboxylic acids is 1. The Hall–Kier alpha value is -2.25. The number of halogens is 1. The minimum absolute atomic E-state index is 0.0403. The number of sulfonamides is 1. The van der Waals surface area contributed by atoms with E-state index >= 15 is 0 Å². The summed E-state index contributed by atoms with van der Waals surface area (Å²) in [5, 5.41) is 2.89. The maximum Gasteiger partial charge on any atom is 0.328 e. The molecule has 0 bridgehead atoms. The van der Waals surface area contributed by atoms with Gasteiger partial charge in [0.05, 0.1) is 12.0 Å². The second-order valence-corrected chi connectivity index (χ2v) is 6.71. The summed E-state index contributed by atoms with van der Waals surface area (Å²) in [4.78, 5) is 11.7. The Morgan fingerprint density at radius 3 is 2.26 bits per heavy atom. The fourth-order valence-corrected chi connectivity index (χ4v) is 2.81. The van der Waals surface area contributed by atoms with Crippen LogP contribution in [0.25, 0.3) is 0 Å². The molecule has 2 rings (SSSR count). The Labute approximate surface area is 139 Å². The summed E-state index contributed by atoms with van der Waals surface area (Å²) in [6, 6.07) is 11.7. The monoisotopic (exact) mass is 354 g/mol. The molecule has 0 aliphatic heterocycles. The van der Waals surface area contributed by atoms with Crippen LogP contribution in [0.5, 0.6) is 5.75 Å². The van der Waals surface area contributed by atoms with Crippen molar-refractivity contribution in [3.8, 4) is 5.75 Å². The lowest BCUT2D eigenvalue weighted by Gasteiger charge is -2.09. The number of hydrogen-bond donors (Lipinski definition) is 2. The fraction of sp³-hybridized carbons (Fsp3) is 0.133. The van der Waals surface area contributed by atoms with E-state index < -0.39 is 16.1 Å². The van der Waals surface area contributed by atoms with Crippen LogP contribution in [-0.2, 0) is 16.6 Å². The van der Waals surface area contributed by atoms with Gasteiger partial charge in [-0.1, -0.05) is 23.7 Å². The molecule has 0 aliphatic carbocycles. The van der Waals surface area contributed by atoms with E-state index in [4.69, 9.17) is 16.3 Å². The van der Waals surface area contributed by atoms with Crippen LogP contribution >= 0.6 is 11.6 Å². The number of ether oxygens (including phenoxy) is 1. The first-order chi connectivity index (χ1) is 10.9. The number of methoxy groups -OCH3 is 1. The van der Waals surface area contributed by atoms with Gasteiger partial charge in [-0.15, -0.1) is 0 Å². The van der Waals surface area contributed by atoms with Gasteiger partial charge in [0.2, 0.25) is 0 Å². The minimum atomic E-state index is -3.93. The maximum absolute atomic E-state index is 12.0. The molecule has 0 saturated heterocycles. The zero-order valence-electron chi connectivity index (χ0n) is 12.2. The van der Waals surface area contributed by atoms with E-state index in [9.17, 15) is 13.2 Å². The van der Waals surface area contributed by atoms with Crippen molar-refractivity contribution in [1.82, 2.24) is 10.0 Å². The molecule has 0 atom stereocenters. The van der Waals surface area contributed by atoms with Crippen LogP contribution < -0.4 is 14.8 Å². The predicted octanol–water partition coefficient (Wildman–Crippen LogP) is 2.54. The van der Waals surface area contributed by atoms with Crippen molar-refractivity contribution < 1.29 is 17.9 Å². The number of carbonyl (C=O) groups is 1. The Morgan fingerprint density at radius 2 is 1.70 bits per heavy atom. The van der Waals surface area contributed by atoms with Gasteiger partial charge in [0.15, 0.2) is 0 Å². The lowest BCUT2D eigenvalue weighted by Crippen LogP contribution is -2.39. The van der Waals surface area contributed by atoms with Crippen LogP contribution in [0.2, 0.25) is 5.02 Å². The second-order valence-electron chi connectivity index (χ2n) is 4.59. The number of amides is 2. The van der Waals surface area contributed by atoms with Gasteiger partial charge < -0.3 is 10.1 Å². The van der Waals surface area contributed by atoms with Crippen molar-refractivity contribution in [3.63, 3.8) is 0 Å². The molecular weight excluding hydrogens is 340 g/mol. The third kappa shape index (κ3) is 4.87. The summed E-state index contributed by atoms with van der Waals surface area (Å²) in [7, 11) is -2.37. The van der Waals surface area contributed by atoms with Crippen molar-refractivity contribution in [1.29, 1.82) is 0 Å². The van der Waals surface area contributed by atoms with E-state index in [1.54, 1.807) is 31.4 Å². The average Bonchev–Trinajstić information content (AvgIpc) is 2.53. The van der Waals surface area contributed by atoms with Crippen LogP contribution in [0.1, 0.15) is 5.56 Å². The van der Waals surface area contributed by atoms with Gasteiger partial charge in [0.1, 0.15) is 5.75 Å². The molecule has 0 spiro atoms. The number of urea groups is 1. The maximum atomic E-state index is 12.0. The molecule has 0 unspecified atom stereocenters. The highest BCUT2D eigenvalue weighted by atomic mass is 35.5. The smallest absolute Gasteiger partial charge is 0.328 e. The zero-order chi connectivity index (χ0) is 16.9. The van der Waals surface area contributed by atoms with Crippen LogP contribution in [0, 0.1) is 0 Å². The molecule has 0 saturated carbocycles. The summed E-state index contributed by atoms with van der Waals surface area (Å²) in [6.45, 7) is 0.186. The first-order valence-corrected chi connectivity index (χ1v) is 8.46. The van der Waals surface area contributed by atoms with Gasteiger partial charge >= 0.3 is 6.03 Å². The van der Waals surface area contributed by atoms with E-state index in [0.717, 1.165) is 5.56 Å². The van der Waals surface area contributed by atoms with Gasteiger partial charge in [-0.25, -0.2) is 17.9 Å². The molecule has 2 aromatic rings. The lowest BCUT2D eigenvalue weighted by molar-refractivity contribution is 0.245. The highest BCUT2D eigenvalue weighted by Crippen LogP contribution is 2.14. The fourth-order valence-electron chi connectivity index (χ4n) is 1.76. The first kappa shape index (κ1) is 17.1. The summed E-state index contributed by atoms with van der Waals surface area (Å²) in [5.41, 5.74) is 0.810. The molecule has 2 N–H and O–H groups in total. The molecule has 2 aromatic carbocycles. The lowest BCUT2D eigenvalue weighted by atomic mass is 10.2.